The van der Waals surface area contributed by atoms with Gasteiger partial charge in [0.25, 0.3) is 0 Å². The molecule has 0 bridgehead atoms. The zero-order valence-corrected chi connectivity index (χ0v) is 8.28. The molecule has 1 aliphatic rings. The summed E-state index contributed by atoms with van der Waals surface area (Å²) in [5.74, 6) is -0.0696. The first-order chi connectivity index (χ1) is 6.74. The second kappa shape index (κ2) is 4.09. The Labute approximate surface area is 85.2 Å². The molecule has 74 valence electrons. The van der Waals surface area contributed by atoms with Crippen LogP contribution in [0.1, 0.15) is 5.56 Å². The van der Waals surface area contributed by atoms with Crippen LogP contribution in [0.2, 0.25) is 0 Å². The topological polar surface area (TPSA) is 12.4 Å². The van der Waals surface area contributed by atoms with Gasteiger partial charge < -0.3 is 0 Å². The van der Waals surface area contributed by atoms with Crippen molar-refractivity contribution in [2.24, 2.45) is 4.99 Å². The molecule has 0 N–H and O–H groups in total. The summed E-state index contributed by atoms with van der Waals surface area (Å²) < 4.78 is 25.6. The molecule has 0 aromatic heterocycles. The predicted octanol–water partition coefficient (Wildman–Crippen LogP) is 2.65. The van der Waals surface area contributed by atoms with E-state index >= 15 is 0 Å². The highest BCUT2D eigenvalue weighted by Crippen LogP contribution is 2.17. The van der Waals surface area contributed by atoms with E-state index in [1.807, 2.05) is 0 Å². The Bertz CT molecular complexity index is 356. The lowest BCUT2D eigenvalue weighted by Gasteiger charge is -2.01. The van der Waals surface area contributed by atoms with Gasteiger partial charge in [0.2, 0.25) is 0 Å². The monoisotopic (exact) mass is 213 g/mol. The average molecular weight is 213 g/mol. The van der Waals surface area contributed by atoms with Gasteiger partial charge in [-0.3, -0.25) is 4.99 Å². The Hall–Kier alpha value is -0.900. The predicted molar refractivity (Wildman–Crippen MR) is 54.8 cm³/mol. The number of benzene rings is 1. The molecule has 1 nitrogen and oxygen atoms in total. The molecule has 1 aliphatic heterocycles. The SMILES string of the molecule is Fc1cc(F)cc(CC2=NCCS2)c1. The molecular weight excluding hydrogens is 204 g/mol. The van der Waals surface area contributed by atoms with Crippen LogP contribution in [-0.4, -0.2) is 17.3 Å². The lowest BCUT2D eigenvalue weighted by Crippen LogP contribution is -1.96. The summed E-state index contributed by atoms with van der Waals surface area (Å²) in [6, 6.07) is 3.59. The van der Waals surface area contributed by atoms with Crippen molar-refractivity contribution in [3.8, 4) is 0 Å². The smallest absolute Gasteiger partial charge is 0.126 e. The Balaban J connectivity index is 2.15. The van der Waals surface area contributed by atoms with Crippen LogP contribution in [0.25, 0.3) is 0 Å². The second-order valence-electron chi connectivity index (χ2n) is 3.08. The van der Waals surface area contributed by atoms with Crippen LogP contribution in [0.3, 0.4) is 0 Å². The number of thioether (sulfide) groups is 1. The number of nitrogens with zero attached hydrogens (tertiary/aromatic N) is 1. The van der Waals surface area contributed by atoms with Crippen LogP contribution >= 0.6 is 11.8 Å². The van der Waals surface area contributed by atoms with Crippen molar-refractivity contribution in [3.05, 3.63) is 35.4 Å². The quantitative estimate of drug-likeness (QED) is 0.735. The highest BCUT2D eigenvalue weighted by molar-refractivity contribution is 8.14. The fourth-order valence-electron chi connectivity index (χ4n) is 1.37. The van der Waals surface area contributed by atoms with E-state index in [9.17, 15) is 8.78 Å². The van der Waals surface area contributed by atoms with E-state index in [2.05, 4.69) is 4.99 Å². The molecule has 1 aromatic rings. The summed E-state index contributed by atoms with van der Waals surface area (Å²) in [6.07, 6.45) is 0.541. The molecule has 0 radical (unpaired) electrons. The van der Waals surface area contributed by atoms with Crippen molar-refractivity contribution in [1.82, 2.24) is 0 Å². The first-order valence-corrected chi connectivity index (χ1v) is 5.34. The molecule has 0 atom stereocenters. The standard InChI is InChI=1S/C10H9F2NS/c11-8-3-7(4-9(12)6-8)5-10-13-1-2-14-10/h3-4,6H,1-2,5H2. The molecule has 14 heavy (non-hydrogen) atoms. The maximum atomic E-state index is 12.8. The highest BCUT2D eigenvalue weighted by Gasteiger charge is 2.09. The van der Waals surface area contributed by atoms with Crippen molar-refractivity contribution in [3.63, 3.8) is 0 Å². The Kier molecular flexibility index (Phi) is 2.82. The summed E-state index contributed by atoms with van der Waals surface area (Å²) in [5.41, 5.74) is 0.649. The molecule has 0 saturated heterocycles. The normalized spacial score (nSPS) is 15.7. The molecule has 0 aliphatic carbocycles. The molecule has 0 spiro atoms. The molecular formula is C10H9F2NS. The zero-order valence-electron chi connectivity index (χ0n) is 7.46. The van der Waals surface area contributed by atoms with Gasteiger partial charge in [-0.2, -0.15) is 0 Å². The van der Waals surface area contributed by atoms with E-state index in [4.69, 9.17) is 0 Å². The van der Waals surface area contributed by atoms with E-state index in [0.717, 1.165) is 23.4 Å². The van der Waals surface area contributed by atoms with E-state index in [0.29, 0.717) is 12.0 Å². The number of rotatable bonds is 2. The summed E-state index contributed by atoms with van der Waals surface area (Å²) in [7, 11) is 0. The minimum atomic E-state index is -0.524. The minimum Gasteiger partial charge on any atom is -0.282 e. The second-order valence-corrected chi connectivity index (χ2v) is 4.25. The van der Waals surface area contributed by atoms with Crippen LogP contribution < -0.4 is 0 Å². The Morgan fingerprint density at radius 2 is 1.93 bits per heavy atom. The summed E-state index contributed by atoms with van der Waals surface area (Å²) in [6.45, 7) is 0.817. The lowest BCUT2D eigenvalue weighted by molar-refractivity contribution is 0.581. The third-order valence-electron chi connectivity index (χ3n) is 1.93. The van der Waals surface area contributed by atoms with Gasteiger partial charge in [0.05, 0.1) is 5.04 Å². The summed E-state index contributed by atoms with van der Waals surface area (Å²) in [4.78, 5) is 4.23. The van der Waals surface area contributed by atoms with Gasteiger partial charge in [-0.05, 0) is 17.7 Å². The highest BCUT2D eigenvalue weighted by atomic mass is 32.2. The number of aliphatic imine (C=N–C) groups is 1. The maximum absolute atomic E-state index is 12.8. The Morgan fingerprint density at radius 3 is 2.50 bits per heavy atom. The summed E-state index contributed by atoms with van der Waals surface area (Å²) >= 11 is 1.65. The first-order valence-electron chi connectivity index (χ1n) is 4.35. The molecule has 0 saturated carbocycles. The number of hydrogen-bond donors (Lipinski definition) is 0. The third-order valence-corrected chi connectivity index (χ3v) is 2.92. The van der Waals surface area contributed by atoms with Gasteiger partial charge in [0, 0.05) is 24.8 Å². The van der Waals surface area contributed by atoms with Gasteiger partial charge in [0.1, 0.15) is 11.6 Å². The molecule has 2 rings (SSSR count). The molecule has 4 heteroatoms. The van der Waals surface area contributed by atoms with E-state index in [1.54, 1.807) is 11.8 Å². The van der Waals surface area contributed by atoms with Crippen molar-refractivity contribution in [2.75, 3.05) is 12.3 Å². The molecule has 0 fully saturated rings. The van der Waals surface area contributed by atoms with Crippen LogP contribution in [0.5, 0.6) is 0 Å². The van der Waals surface area contributed by atoms with Crippen LogP contribution in [-0.2, 0) is 6.42 Å². The van der Waals surface area contributed by atoms with Gasteiger partial charge >= 0.3 is 0 Å². The van der Waals surface area contributed by atoms with Crippen LogP contribution in [0.15, 0.2) is 23.2 Å². The van der Waals surface area contributed by atoms with E-state index in [-0.39, 0.29) is 0 Å². The third kappa shape index (κ3) is 2.32. The molecule has 1 aromatic carbocycles. The van der Waals surface area contributed by atoms with E-state index < -0.39 is 11.6 Å². The first kappa shape index (κ1) is 9.65. The van der Waals surface area contributed by atoms with Gasteiger partial charge in [-0.25, -0.2) is 8.78 Å². The van der Waals surface area contributed by atoms with Crippen LogP contribution in [0, 0.1) is 11.6 Å². The van der Waals surface area contributed by atoms with Gasteiger partial charge in [0.15, 0.2) is 0 Å². The fraction of sp³-hybridized carbons (Fsp3) is 0.300. The average Bonchev–Trinajstić information content (AvgIpc) is 2.54. The van der Waals surface area contributed by atoms with Crippen molar-refractivity contribution < 1.29 is 8.78 Å². The fourth-order valence-corrected chi connectivity index (χ4v) is 2.24. The van der Waals surface area contributed by atoms with Crippen molar-refractivity contribution in [2.45, 2.75) is 6.42 Å². The number of halogens is 2. The Morgan fingerprint density at radius 1 is 1.21 bits per heavy atom. The van der Waals surface area contributed by atoms with Crippen molar-refractivity contribution >= 4 is 16.8 Å². The zero-order chi connectivity index (χ0) is 9.97. The largest absolute Gasteiger partial charge is 0.282 e. The van der Waals surface area contributed by atoms with E-state index in [1.165, 1.54) is 12.1 Å². The minimum absolute atomic E-state index is 0.524. The number of hydrogen-bond acceptors (Lipinski definition) is 2. The van der Waals surface area contributed by atoms with Crippen molar-refractivity contribution in [1.29, 1.82) is 0 Å². The van der Waals surface area contributed by atoms with Gasteiger partial charge in [-0.1, -0.05) is 0 Å². The molecule has 0 amide bonds. The molecule has 1 heterocycles. The molecule has 0 unspecified atom stereocenters. The maximum Gasteiger partial charge on any atom is 0.126 e. The van der Waals surface area contributed by atoms with Gasteiger partial charge in [-0.15, -0.1) is 11.8 Å². The lowest BCUT2D eigenvalue weighted by atomic mass is 10.1. The summed E-state index contributed by atoms with van der Waals surface area (Å²) in [5, 5.41) is 0.968. The van der Waals surface area contributed by atoms with Crippen LogP contribution in [0.4, 0.5) is 8.78 Å².